The molecule has 1 aliphatic rings. The number of hydrogen-bond acceptors (Lipinski definition) is 2. The van der Waals surface area contributed by atoms with Crippen LogP contribution in [0, 0.1) is 5.92 Å². The average Bonchev–Trinajstić information content (AvgIpc) is 3.35. The van der Waals surface area contributed by atoms with Crippen LogP contribution in [0.5, 0.6) is 5.75 Å². The molecule has 2 nitrogen and oxygen atoms in total. The van der Waals surface area contributed by atoms with E-state index in [2.05, 4.69) is 29.6 Å². The fourth-order valence-corrected chi connectivity index (χ4v) is 2.75. The molecule has 0 bridgehead atoms. The number of ether oxygens (including phenoxy) is 1. The Morgan fingerprint density at radius 3 is 2.33 bits per heavy atom. The first-order valence-electron chi connectivity index (χ1n) is 7.38. The summed E-state index contributed by atoms with van der Waals surface area (Å²) in [6.07, 6.45) is 2.62. The van der Waals surface area contributed by atoms with Crippen molar-refractivity contribution in [2.45, 2.75) is 25.4 Å². The van der Waals surface area contributed by atoms with Gasteiger partial charge in [0.1, 0.15) is 5.75 Å². The highest BCUT2D eigenvalue weighted by atomic mass is 35.5. The Labute approximate surface area is 131 Å². The van der Waals surface area contributed by atoms with Crippen LogP contribution in [0.15, 0.2) is 48.5 Å². The minimum atomic E-state index is 0.423. The zero-order valence-corrected chi connectivity index (χ0v) is 12.9. The van der Waals surface area contributed by atoms with E-state index in [1.165, 1.54) is 24.0 Å². The molecule has 0 saturated heterocycles. The van der Waals surface area contributed by atoms with E-state index in [1.54, 1.807) is 7.11 Å². The van der Waals surface area contributed by atoms with Crippen molar-refractivity contribution in [2.75, 3.05) is 7.11 Å². The predicted molar refractivity (Wildman–Crippen MR) is 86.8 cm³/mol. The first kappa shape index (κ1) is 14.4. The van der Waals surface area contributed by atoms with Gasteiger partial charge in [-0.25, -0.2) is 0 Å². The normalized spacial score (nSPS) is 15.7. The van der Waals surface area contributed by atoms with Gasteiger partial charge in [-0.1, -0.05) is 35.9 Å². The van der Waals surface area contributed by atoms with Crippen LogP contribution in [0.1, 0.15) is 30.0 Å². The second-order valence-corrected chi connectivity index (χ2v) is 6.03. The second kappa shape index (κ2) is 6.50. The van der Waals surface area contributed by atoms with Gasteiger partial charge in [0.15, 0.2) is 0 Å². The molecule has 1 aliphatic carbocycles. The smallest absolute Gasteiger partial charge is 0.118 e. The van der Waals surface area contributed by atoms with Crippen LogP contribution >= 0.6 is 11.6 Å². The van der Waals surface area contributed by atoms with E-state index >= 15 is 0 Å². The number of halogens is 1. The van der Waals surface area contributed by atoms with E-state index in [1.807, 2.05) is 24.3 Å². The van der Waals surface area contributed by atoms with Crippen molar-refractivity contribution >= 4 is 11.6 Å². The Morgan fingerprint density at radius 2 is 1.76 bits per heavy atom. The standard InChI is InChI=1S/C18H20ClNO/c1-21-17-10-6-15(7-11-17)18(14-4-5-14)20-12-13-2-8-16(19)9-3-13/h2-3,6-11,14,18,20H,4-5,12H2,1H3. The van der Waals surface area contributed by atoms with Crippen molar-refractivity contribution in [3.05, 3.63) is 64.7 Å². The summed E-state index contributed by atoms with van der Waals surface area (Å²) in [6.45, 7) is 0.865. The van der Waals surface area contributed by atoms with Gasteiger partial charge < -0.3 is 10.1 Å². The third kappa shape index (κ3) is 3.78. The van der Waals surface area contributed by atoms with Gasteiger partial charge in [-0.15, -0.1) is 0 Å². The van der Waals surface area contributed by atoms with Gasteiger partial charge in [-0.05, 0) is 54.2 Å². The summed E-state index contributed by atoms with van der Waals surface area (Å²) in [6, 6.07) is 16.9. The lowest BCUT2D eigenvalue weighted by Crippen LogP contribution is -2.22. The Balaban J connectivity index is 1.68. The molecule has 0 radical (unpaired) electrons. The average molecular weight is 302 g/mol. The molecule has 2 aromatic rings. The van der Waals surface area contributed by atoms with Crippen LogP contribution in [0.2, 0.25) is 5.02 Å². The quantitative estimate of drug-likeness (QED) is 0.842. The molecule has 1 unspecified atom stereocenters. The molecule has 1 saturated carbocycles. The van der Waals surface area contributed by atoms with Crippen LogP contribution in [0.25, 0.3) is 0 Å². The molecule has 1 atom stereocenters. The Hall–Kier alpha value is -1.51. The largest absolute Gasteiger partial charge is 0.497 e. The maximum Gasteiger partial charge on any atom is 0.118 e. The maximum atomic E-state index is 5.93. The number of hydrogen-bond donors (Lipinski definition) is 1. The van der Waals surface area contributed by atoms with E-state index in [0.717, 1.165) is 23.2 Å². The predicted octanol–water partition coefficient (Wildman–Crippen LogP) is 4.59. The SMILES string of the molecule is COc1ccc(C(NCc2ccc(Cl)cc2)C2CC2)cc1. The third-order valence-electron chi connectivity index (χ3n) is 4.01. The lowest BCUT2D eigenvalue weighted by atomic mass is 10.0. The molecule has 1 fully saturated rings. The van der Waals surface area contributed by atoms with E-state index in [-0.39, 0.29) is 0 Å². The zero-order valence-electron chi connectivity index (χ0n) is 12.2. The molecule has 0 aromatic heterocycles. The van der Waals surface area contributed by atoms with Crippen LogP contribution in [-0.4, -0.2) is 7.11 Å². The van der Waals surface area contributed by atoms with Crippen molar-refractivity contribution in [2.24, 2.45) is 5.92 Å². The molecule has 3 heteroatoms. The Kier molecular flexibility index (Phi) is 4.47. The highest BCUT2D eigenvalue weighted by Crippen LogP contribution is 2.41. The van der Waals surface area contributed by atoms with Gasteiger partial charge in [-0.3, -0.25) is 0 Å². The molecule has 0 amide bonds. The summed E-state index contributed by atoms with van der Waals surface area (Å²) in [4.78, 5) is 0. The molecule has 0 aliphatic heterocycles. The summed E-state index contributed by atoms with van der Waals surface area (Å²) in [7, 11) is 1.70. The minimum Gasteiger partial charge on any atom is -0.497 e. The molecular weight excluding hydrogens is 282 g/mol. The third-order valence-corrected chi connectivity index (χ3v) is 4.26. The molecule has 3 rings (SSSR count). The highest BCUT2D eigenvalue weighted by molar-refractivity contribution is 6.30. The minimum absolute atomic E-state index is 0.423. The summed E-state index contributed by atoms with van der Waals surface area (Å²) < 4.78 is 5.23. The fraction of sp³-hybridized carbons (Fsp3) is 0.333. The first-order chi connectivity index (χ1) is 10.3. The topological polar surface area (TPSA) is 21.3 Å². The van der Waals surface area contributed by atoms with Crippen molar-refractivity contribution < 1.29 is 4.74 Å². The van der Waals surface area contributed by atoms with Crippen molar-refractivity contribution in [3.63, 3.8) is 0 Å². The van der Waals surface area contributed by atoms with Crippen molar-refractivity contribution in [3.8, 4) is 5.75 Å². The van der Waals surface area contributed by atoms with Gasteiger partial charge in [0.05, 0.1) is 7.11 Å². The van der Waals surface area contributed by atoms with E-state index in [9.17, 15) is 0 Å². The monoisotopic (exact) mass is 301 g/mol. The van der Waals surface area contributed by atoms with Gasteiger partial charge in [0, 0.05) is 17.6 Å². The van der Waals surface area contributed by atoms with Crippen molar-refractivity contribution in [1.82, 2.24) is 5.32 Å². The van der Waals surface area contributed by atoms with Crippen LogP contribution in [0.3, 0.4) is 0 Å². The Morgan fingerprint density at radius 1 is 1.10 bits per heavy atom. The lowest BCUT2D eigenvalue weighted by molar-refractivity contribution is 0.413. The molecular formula is C18H20ClNO. The highest BCUT2D eigenvalue weighted by Gasteiger charge is 2.31. The van der Waals surface area contributed by atoms with Gasteiger partial charge >= 0.3 is 0 Å². The van der Waals surface area contributed by atoms with Crippen LogP contribution in [-0.2, 0) is 6.54 Å². The number of rotatable bonds is 6. The summed E-state index contributed by atoms with van der Waals surface area (Å²) in [5, 5.41) is 4.47. The van der Waals surface area contributed by atoms with E-state index in [4.69, 9.17) is 16.3 Å². The molecule has 0 spiro atoms. The molecule has 110 valence electrons. The lowest BCUT2D eigenvalue weighted by Gasteiger charge is -2.19. The molecule has 21 heavy (non-hydrogen) atoms. The fourth-order valence-electron chi connectivity index (χ4n) is 2.63. The van der Waals surface area contributed by atoms with E-state index in [0.29, 0.717) is 6.04 Å². The number of nitrogens with one attached hydrogen (secondary N) is 1. The van der Waals surface area contributed by atoms with Gasteiger partial charge in [0.2, 0.25) is 0 Å². The second-order valence-electron chi connectivity index (χ2n) is 5.60. The molecule has 0 heterocycles. The first-order valence-corrected chi connectivity index (χ1v) is 7.76. The molecule has 2 aromatic carbocycles. The zero-order chi connectivity index (χ0) is 14.7. The van der Waals surface area contributed by atoms with E-state index < -0.39 is 0 Å². The van der Waals surface area contributed by atoms with Crippen LogP contribution in [0.4, 0.5) is 0 Å². The number of methoxy groups -OCH3 is 1. The maximum absolute atomic E-state index is 5.93. The summed E-state index contributed by atoms with van der Waals surface area (Å²) in [5.74, 6) is 1.66. The molecule has 1 N–H and O–H groups in total. The summed E-state index contributed by atoms with van der Waals surface area (Å²) in [5.41, 5.74) is 2.60. The van der Waals surface area contributed by atoms with Crippen LogP contribution < -0.4 is 10.1 Å². The van der Waals surface area contributed by atoms with Crippen molar-refractivity contribution in [1.29, 1.82) is 0 Å². The van der Waals surface area contributed by atoms with Gasteiger partial charge in [-0.2, -0.15) is 0 Å². The summed E-state index contributed by atoms with van der Waals surface area (Å²) >= 11 is 5.93. The Bertz CT molecular complexity index is 575. The van der Waals surface area contributed by atoms with Gasteiger partial charge in [0.25, 0.3) is 0 Å². The number of benzene rings is 2.